The molecule has 0 radical (unpaired) electrons. The molecule has 0 aliphatic carbocycles. The van der Waals surface area contributed by atoms with Crippen LogP contribution >= 0.6 is 0 Å². The van der Waals surface area contributed by atoms with Crippen molar-refractivity contribution in [3.05, 3.63) is 42.1 Å². The van der Waals surface area contributed by atoms with E-state index in [9.17, 15) is 0 Å². The summed E-state index contributed by atoms with van der Waals surface area (Å²) in [5.41, 5.74) is 1.44. The van der Waals surface area contributed by atoms with Crippen molar-refractivity contribution in [3.8, 4) is 5.75 Å². The molecule has 0 saturated heterocycles. The van der Waals surface area contributed by atoms with Gasteiger partial charge in [-0.1, -0.05) is 17.7 Å². The maximum Gasteiger partial charge on any atom is 0.134 e. The van der Waals surface area contributed by atoms with Gasteiger partial charge in [-0.15, -0.1) is 0 Å². The molecule has 2 N–H and O–H groups in total. The molecule has 0 unspecified atom stereocenters. The van der Waals surface area contributed by atoms with Gasteiger partial charge in [0.2, 0.25) is 0 Å². The summed E-state index contributed by atoms with van der Waals surface area (Å²) < 4.78 is 5.30. The smallest absolute Gasteiger partial charge is 0.134 e. The summed E-state index contributed by atoms with van der Waals surface area (Å²) in [6.45, 7) is 2.88. The Morgan fingerprint density at radius 3 is 3.10 bits per heavy atom. The van der Waals surface area contributed by atoms with E-state index in [0.29, 0.717) is 0 Å². The number of benzene rings is 1. The maximum atomic E-state index is 5.30. The van der Waals surface area contributed by atoms with Crippen LogP contribution in [0.1, 0.15) is 6.42 Å². The van der Waals surface area contributed by atoms with Crippen LogP contribution in [0, 0.1) is 0 Å². The molecule has 104 valence electrons. The highest BCUT2D eigenvalue weighted by atomic mass is 16.5. The highest BCUT2D eigenvalue weighted by Crippen LogP contribution is 2.25. The maximum absolute atomic E-state index is 5.30. The Hall–Kier alpha value is -2.07. The molecule has 1 aliphatic heterocycles. The van der Waals surface area contributed by atoms with E-state index < -0.39 is 0 Å². The van der Waals surface area contributed by atoms with Gasteiger partial charge in [-0.25, -0.2) is 4.98 Å². The highest BCUT2D eigenvalue weighted by Gasteiger charge is 2.06. The van der Waals surface area contributed by atoms with Gasteiger partial charge in [0, 0.05) is 24.7 Å². The molecule has 4 nitrogen and oxygen atoms in total. The van der Waals surface area contributed by atoms with Crippen LogP contribution < -0.4 is 15.4 Å². The van der Waals surface area contributed by atoms with Crippen LogP contribution in [0.3, 0.4) is 0 Å². The third-order valence-corrected chi connectivity index (χ3v) is 3.61. The molecule has 0 saturated carbocycles. The molecule has 2 heterocycles. The molecule has 20 heavy (non-hydrogen) atoms. The molecular weight excluding hydrogens is 250 g/mol. The lowest BCUT2D eigenvalue weighted by Gasteiger charge is -2.15. The summed E-state index contributed by atoms with van der Waals surface area (Å²) in [6, 6.07) is 8.08. The zero-order chi connectivity index (χ0) is 13.8. The number of pyridine rings is 1. The highest BCUT2D eigenvalue weighted by molar-refractivity contribution is 5.92. The van der Waals surface area contributed by atoms with Crippen LogP contribution in [0.15, 0.2) is 42.1 Å². The lowest BCUT2D eigenvalue weighted by atomic mass is 10.1. The van der Waals surface area contributed by atoms with Crippen molar-refractivity contribution in [1.82, 2.24) is 10.3 Å². The molecule has 0 fully saturated rings. The standard InChI is InChI=1S/C16H19N3O/c1-20-14-3-2-13-6-9-18-16(15(13)10-14)19-11-12-4-7-17-8-5-12/h2-4,6,9-10,17H,5,7-8,11H2,1H3,(H,18,19). The molecule has 4 heteroatoms. The largest absolute Gasteiger partial charge is 0.497 e. The number of aromatic nitrogens is 1. The molecule has 1 aromatic heterocycles. The predicted octanol–water partition coefficient (Wildman–Crippen LogP) is 2.58. The third kappa shape index (κ3) is 2.75. The number of hydrogen-bond acceptors (Lipinski definition) is 4. The molecule has 2 aromatic rings. The molecule has 0 atom stereocenters. The van der Waals surface area contributed by atoms with E-state index in [1.807, 2.05) is 24.4 Å². The second-order valence-electron chi connectivity index (χ2n) is 4.92. The number of rotatable bonds is 4. The molecule has 3 rings (SSSR count). The first-order valence-corrected chi connectivity index (χ1v) is 6.92. The van der Waals surface area contributed by atoms with E-state index in [0.717, 1.165) is 43.0 Å². The van der Waals surface area contributed by atoms with Crippen molar-refractivity contribution in [2.75, 3.05) is 32.1 Å². The van der Waals surface area contributed by atoms with Crippen molar-refractivity contribution in [2.24, 2.45) is 0 Å². The van der Waals surface area contributed by atoms with E-state index in [1.165, 1.54) is 11.0 Å². The molecule has 0 amide bonds. The molecular formula is C16H19N3O. The van der Waals surface area contributed by atoms with Gasteiger partial charge in [-0.2, -0.15) is 0 Å². The summed E-state index contributed by atoms with van der Waals surface area (Å²) >= 11 is 0. The number of fused-ring (bicyclic) bond motifs is 1. The first-order valence-electron chi connectivity index (χ1n) is 6.92. The molecule has 1 aliphatic rings. The van der Waals surface area contributed by atoms with Crippen molar-refractivity contribution in [2.45, 2.75) is 6.42 Å². The van der Waals surface area contributed by atoms with Crippen LogP contribution in [0.25, 0.3) is 10.8 Å². The number of methoxy groups -OCH3 is 1. The summed E-state index contributed by atoms with van der Waals surface area (Å²) in [5, 5.41) is 9.03. The van der Waals surface area contributed by atoms with E-state index in [1.54, 1.807) is 7.11 Å². The van der Waals surface area contributed by atoms with Gasteiger partial charge in [-0.05, 0) is 36.6 Å². The first kappa shape index (κ1) is 12.9. The fourth-order valence-electron chi connectivity index (χ4n) is 2.44. The summed E-state index contributed by atoms with van der Waals surface area (Å²) in [4.78, 5) is 4.46. The number of hydrogen-bond donors (Lipinski definition) is 2. The van der Waals surface area contributed by atoms with Gasteiger partial charge in [0.15, 0.2) is 0 Å². The van der Waals surface area contributed by atoms with Crippen molar-refractivity contribution in [1.29, 1.82) is 0 Å². The summed E-state index contributed by atoms with van der Waals surface area (Å²) in [7, 11) is 1.68. The van der Waals surface area contributed by atoms with Gasteiger partial charge in [0.1, 0.15) is 11.6 Å². The van der Waals surface area contributed by atoms with Crippen LogP contribution in [-0.4, -0.2) is 31.7 Å². The first-order chi connectivity index (χ1) is 9.86. The lowest BCUT2D eigenvalue weighted by Crippen LogP contribution is -2.23. The van der Waals surface area contributed by atoms with Crippen molar-refractivity contribution in [3.63, 3.8) is 0 Å². The van der Waals surface area contributed by atoms with E-state index in [2.05, 4.69) is 27.8 Å². The van der Waals surface area contributed by atoms with Crippen molar-refractivity contribution < 1.29 is 4.74 Å². The fraction of sp³-hybridized carbons (Fsp3) is 0.312. The quantitative estimate of drug-likeness (QED) is 0.837. The Kier molecular flexibility index (Phi) is 3.83. The summed E-state index contributed by atoms with van der Waals surface area (Å²) in [5.74, 6) is 1.77. The Bertz CT molecular complexity index is 637. The van der Waals surface area contributed by atoms with Crippen LogP contribution in [0.5, 0.6) is 5.75 Å². The van der Waals surface area contributed by atoms with Crippen LogP contribution in [-0.2, 0) is 0 Å². The second-order valence-corrected chi connectivity index (χ2v) is 4.92. The van der Waals surface area contributed by atoms with E-state index in [4.69, 9.17) is 4.74 Å². The van der Waals surface area contributed by atoms with Crippen molar-refractivity contribution >= 4 is 16.6 Å². The minimum absolute atomic E-state index is 0.852. The Labute approximate surface area is 118 Å². The predicted molar refractivity (Wildman–Crippen MR) is 82.4 cm³/mol. The number of nitrogens with one attached hydrogen (secondary N) is 2. The van der Waals surface area contributed by atoms with E-state index in [-0.39, 0.29) is 0 Å². The Morgan fingerprint density at radius 2 is 2.30 bits per heavy atom. The lowest BCUT2D eigenvalue weighted by molar-refractivity contribution is 0.415. The van der Waals surface area contributed by atoms with Crippen LogP contribution in [0.2, 0.25) is 0 Å². The Balaban J connectivity index is 1.84. The van der Waals surface area contributed by atoms with Gasteiger partial charge in [0.25, 0.3) is 0 Å². The monoisotopic (exact) mass is 269 g/mol. The third-order valence-electron chi connectivity index (χ3n) is 3.61. The molecule has 0 spiro atoms. The normalized spacial score (nSPS) is 14.9. The summed E-state index contributed by atoms with van der Waals surface area (Å²) in [6.07, 6.45) is 5.19. The zero-order valence-corrected chi connectivity index (χ0v) is 11.6. The topological polar surface area (TPSA) is 46.2 Å². The molecule has 0 bridgehead atoms. The molecule has 1 aromatic carbocycles. The SMILES string of the molecule is COc1ccc2ccnc(NCC3=CCNCC3)c2c1. The van der Waals surface area contributed by atoms with Gasteiger partial charge in [-0.3, -0.25) is 0 Å². The van der Waals surface area contributed by atoms with Gasteiger partial charge >= 0.3 is 0 Å². The van der Waals surface area contributed by atoms with E-state index >= 15 is 0 Å². The van der Waals surface area contributed by atoms with Gasteiger partial charge < -0.3 is 15.4 Å². The average molecular weight is 269 g/mol. The number of nitrogens with zero attached hydrogens (tertiary/aromatic N) is 1. The second kappa shape index (κ2) is 5.92. The fourth-order valence-corrected chi connectivity index (χ4v) is 2.44. The van der Waals surface area contributed by atoms with Gasteiger partial charge in [0.05, 0.1) is 7.11 Å². The minimum Gasteiger partial charge on any atom is -0.497 e. The minimum atomic E-state index is 0.852. The number of anilines is 1. The van der Waals surface area contributed by atoms with Crippen LogP contribution in [0.4, 0.5) is 5.82 Å². The zero-order valence-electron chi connectivity index (χ0n) is 11.6. The average Bonchev–Trinajstić information content (AvgIpc) is 2.53. The number of ether oxygens (including phenoxy) is 1. The Morgan fingerprint density at radius 1 is 1.35 bits per heavy atom.